The van der Waals surface area contributed by atoms with Gasteiger partial charge in [-0.05, 0) is 60.4 Å². The van der Waals surface area contributed by atoms with Gasteiger partial charge in [0.2, 0.25) is 12.3 Å². The Hall–Kier alpha value is -6.08. The number of alkyl carbamates (subject to hydrolysis) is 1. The number of carbonyl (C=O) groups is 3. The van der Waals surface area contributed by atoms with Gasteiger partial charge in [0.25, 0.3) is 5.91 Å². The van der Waals surface area contributed by atoms with Crippen molar-refractivity contribution in [3.8, 4) is 11.1 Å². The summed E-state index contributed by atoms with van der Waals surface area (Å²) in [5, 5.41) is 2.73. The standard InChI is InChI=1S/C41H43N7O6/c1-52-41(51)45-36(30-13-7-4-8-14-30)40(50)47-21-9-15-32(47)23-27-17-19-28(20-18-27)31-24-33-37(42-25-31)46-38(44-33)34-16-10-22-48(34)39(49)35(43-26-54-53-2)29-11-5-3-6-12-29/h3-8,11-14,17-20,24-26,32,34-36H,9-10,15-16,21-23H2,1-2H3,(H,45,51)(H,42,44,46)/b43-26-/t32-,34-,35+,36+/m0/s1. The Morgan fingerprint density at radius 1 is 0.889 bits per heavy atom. The normalized spacial score (nSPS) is 18.2. The highest BCUT2D eigenvalue weighted by Crippen LogP contribution is 2.35. The fourth-order valence-corrected chi connectivity index (χ4v) is 7.48. The molecule has 2 N–H and O–H groups in total. The third-order valence-electron chi connectivity index (χ3n) is 10.2. The van der Waals surface area contributed by atoms with Gasteiger partial charge in [0, 0.05) is 30.9 Å². The minimum Gasteiger partial charge on any atom is -0.453 e. The van der Waals surface area contributed by atoms with E-state index in [9.17, 15) is 14.4 Å². The summed E-state index contributed by atoms with van der Waals surface area (Å²) in [4.78, 5) is 70.5. The van der Waals surface area contributed by atoms with Crippen LogP contribution in [0.25, 0.3) is 22.3 Å². The van der Waals surface area contributed by atoms with Crippen LogP contribution in [-0.2, 0) is 30.5 Å². The summed E-state index contributed by atoms with van der Waals surface area (Å²) in [6.45, 7) is 1.21. The number of rotatable bonds is 12. The van der Waals surface area contributed by atoms with E-state index >= 15 is 0 Å². The predicted octanol–water partition coefficient (Wildman–Crippen LogP) is 6.27. The Bertz CT molecular complexity index is 2090. The van der Waals surface area contributed by atoms with E-state index in [0.717, 1.165) is 54.3 Å². The lowest BCUT2D eigenvalue weighted by molar-refractivity contribution is -0.188. The first-order valence-corrected chi connectivity index (χ1v) is 18.1. The minimum absolute atomic E-state index is 0.00463. The molecule has 3 amide bonds. The Balaban J connectivity index is 1.05. The number of nitrogens with one attached hydrogen (secondary N) is 2. The maximum Gasteiger partial charge on any atom is 0.407 e. The van der Waals surface area contributed by atoms with Gasteiger partial charge in [0.1, 0.15) is 17.4 Å². The van der Waals surface area contributed by atoms with Crippen LogP contribution in [0.3, 0.4) is 0 Å². The van der Waals surface area contributed by atoms with E-state index in [0.29, 0.717) is 42.1 Å². The lowest BCUT2D eigenvalue weighted by Gasteiger charge is -2.29. The van der Waals surface area contributed by atoms with Crippen molar-refractivity contribution in [1.82, 2.24) is 30.1 Å². The molecule has 13 heteroatoms. The summed E-state index contributed by atoms with van der Waals surface area (Å²) in [7, 11) is 2.67. The zero-order valence-corrected chi connectivity index (χ0v) is 30.3. The van der Waals surface area contributed by atoms with Gasteiger partial charge >= 0.3 is 6.09 Å². The Kier molecular flexibility index (Phi) is 11.2. The monoisotopic (exact) mass is 729 g/mol. The number of likely N-dealkylation sites (tertiary alicyclic amines) is 2. The number of aliphatic imine (C=N–C) groups is 1. The number of methoxy groups -OCH3 is 1. The number of carbonyl (C=O) groups excluding carboxylic acids is 3. The molecular formula is C41H43N7O6. The van der Waals surface area contributed by atoms with Crippen molar-refractivity contribution in [2.75, 3.05) is 27.3 Å². The summed E-state index contributed by atoms with van der Waals surface area (Å²) < 4.78 is 4.83. The second-order valence-electron chi connectivity index (χ2n) is 13.4. The van der Waals surface area contributed by atoms with Crippen molar-refractivity contribution >= 4 is 35.5 Å². The molecule has 5 aromatic rings. The van der Waals surface area contributed by atoms with Crippen LogP contribution in [0.2, 0.25) is 0 Å². The Morgan fingerprint density at radius 3 is 2.31 bits per heavy atom. The number of hydrogen-bond donors (Lipinski definition) is 2. The second-order valence-corrected chi connectivity index (χ2v) is 13.4. The number of aromatic amines is 1. The molecule has 2 saturated heterocycles. The minimum atomic E-state index is -0.828. The van der Waals surface area contributed by atoms with E-state index in [-0.39, 0.29) is 23.9 Å². The SMILES string of the molecule is COO/C=N\[C@@H](C(=O)N1CCC[C@H]1c1nc2cc(-c3ccc(C[C@@H]4CCCN4C(=O)[C@H](NC(=O)OC)c4ccccc4)cc3)cnc2[nH]1)c1ccccc1. The highest BCUT2D eigenvalue weighted by atomic mass is 17.2. The van der Waals surface area contributed by atoms with Crippen LogP contribution in [0.15, 0.2) is 102 Å². The first kappa shape index (κ1) is 36.3. The Labute approximate surface area is 313 Å². The smallest absolute Gasteiger partial charge is 0.407 e. The van der Waals surface area contributed by atoms with Gasteiger partial charge in [0.05, 0.1) is 20.3 Å². The number of nitrogens with zero attached hydrogens (tertiary/aromatic N) is 5. The lowest BCUT2D eigenvalue weighted by atomic mass is 9.99. The van der Waals surface area contributed by atoms with E-state index in [2.05, 4.69) is 44.4 Å². The molecule has 278 valence electrons. The highest BCUT2D eigenvalue weighted by molar-refractivity contribution is 5.87. The van der Waals surface area contributed by atoms with Crippen LogP contribution in [0, 0.1) is 0 Å². The molecule has 0 radical (unpaired) electrons. The van der Waals surface area contributed by atoms with Crippen LogP contribution in [0.1, 0.15) is 66.3 Å². The molecule has 0 spiro atoms. The van der Waals surface area contributed by atoms with Crippen LogP contribution in [0.5, 0.6) is 0 Å². The second kappa shape index (κ2) is 16.7. The number of pyridine rings is 1. The average Bonchev–Trinajstić information content (AvgIpc) is 3.99. The summed E-state index contributed by atoms with van der Waals surface area (Å²) in [6, 6.07) is 27.1. The maximum absolute atomic E-state index is 13.9. The van der Waals surface area contributed by atoms with Crippen molar-refractivity contribution in [3.63, 3.8) is 0 Å². The molecule has 54 heavy (non-hydrogen) atoms. The first-order valence-electron chi connectivity index (χ1n) is 18.1. The van der Waals surface area contributed by atoms with Gasteiger partial charge in [-0.15, -0.1) is 0 Å². The molecule has 0 bridgehead atoms. The fourth-order valence-electron chi connectivity index (χ4n) is 7.48. The van der Waals surface area contributed by atoms with Crippen molar-refractivity contribution in [1.29, 1.82) is 0 Å². The first-order chi connectivity index (χ1) is 26.4. The van der Waals surface area contributed by atoms with Crippen molar-refractivity contribution in [2.24, 2.45) is 4.99 Å². The molecule has 7 rings (SSSR count). The molecule has 2 aromatic heterocycles. The van der Waals surface area contributed by atoms with Crippen molar-refractivity contribution < 1.29 is 28.9 Å². The van der Waals surface area contributed by atoms with E-state index in [1.54, 1.807) is 0 Å². The number of benzene rings is 3. The maximum atomic E-state index is 13.9. The topological polar surface area (TPSA) is 151 Å². The molecule has 13 nitrogen and oxygen atoms in total. The zero-order valence-electron chi connectivity index (χ0n) is 30.3. The van der Waals surface area contributed by atoms with Gasteiger partial charge in [-0.1, -0.05) is 84.9 Å². The van der Waals surface area contributed by atoms with Crippen molar-refractivity contribution in [2.45, 2.75) is 56.3 Å². The largest absolute Gasteiger partial charge is 0.453 e. The number of ether oxygens (including phenoxy) is 1. The molecule has 2 fully saturated rings. The van der Waals surface area contributed by atoms with E-state index < -0.39 is 18.2 Å². The van der Waals surface area contributed by atoms with E-state index in [1.165, 1.54) is 14.2 Å². The fraction of sp³-hybridized carbons (Fsp3) is 0.317. The quantitative estimate of drug-likeness (QED) is 0.0661. The number of fused-ring (bicyclic) bond motifs is 1. The van der Waals surface area contributed by atoms with Crippen LogP contribution in [0.4, 0.5) is 4.79 Å². The molecule has 4 atom stereocenters. The van der Waals surface area contributed by atoms with Gasteiger partial charge < -0.3 is 29.7 Å². The molecule has 0 saturated carbocycles. The predicted molar refractivity (Wildman–Crippen MR) is 202 cm³/mol. The third kappa shape index (κ3) is 7.96. The van der Waals surface area contributed by atoms with E-state index in [1.807, 2.05) is 82.7 Å². The summed E-state index contributed by atoms with van der Waals surface area (Å²) in [6.07, 6.45) is 6.39. The summed E-state index contributed by atoms with van der Waals surface area (Å²) >= 11 is 0. The third-order valence-corrected chi connectivity index (χ3v) is 10.2. The highest BCUT2D eigenvalue weighted by Gasteiger charge is 2.37. The Morgan fingerprint density at radius 2 is 1.59 bits per heavy atom. The molecule has 3 aromatic carbocycles. The van der Waals surface area contributed by atoms with Crippen LogP contribution < -0.4 is 5.32 Å². The van der Waals surface area contributed by atoms with Gasteiger partial charge in [-0.25, -0.2) is 19.8 Å². The zero-order chi connectivity index (χ0) is 37.4. The van der Waals surface area contributed by atoms with Gasteiger partial charge in [-0.2, -0.15) is 4.89 Å². The number of aromatic nitrogens is 3. The van der Waals surface area contributed by atoms with Crippen LogP contribution in [-0.4, -0.2) is 82.4 Å². The van der Waals surface area contributed by atoms with Crippen molar-refractivity contribution in [3.05, 3.63) is 120 Å². The molecule has 4 heterocycles. The molecule has 0 unspecified atom stereocenters. The van der Waals surface area contributed by atoms with Crippen LogP contribution >= 0.6 is 0 Å². The van der Waals surface area contributed by atoms with E-state index in [4.69, 9.17) is 19.6 Å². The van der Waals surface area contributed by atoms with Gasteiger partial charge in [-0.3, -0.25) is 9.59 Å². The number of imidazole rings is 1. The number of H-pyrrole nitrogens is 1. The molecular weight excluding hydrogens is 686 g/mol. The lowest BCUT2D eigenvalue weighted by Crippen LogP contribution is -2.45. The summed E-state index contributed by atoms with van der Waals surface area (Å²) in [5.41, 5.74) is 5.84. The molecule has 0 aliphatic carbocycles. The molecule has 2 aliphatic rings. The number of hydrogen-bond acceptors (Lipinski definition) is 9. The molecule has 2 aliphatic heterocycles. The van der Waals surface area contributed by atoms with Gasteiger partial charge in [0.15, 0.2) is 11.7 Å². The number of amides is 3. The summed E-state index contributed by atoms with van der Waals surface area (Å²) in [5.74, 6) is 0.397. The average molecular weight is 730 g/mol.